The topological polar surface area (TPSA) is 54.4 Å². The van der Waals surface area contributed by atoms with Crippen LogP contribution in [0.3, 0.4) is 0 Å². The van der Waals surface area contributed by atoms with Gasteiger partial charge < -0.3 is 5.11 Å². The Morgan fingerprint density at radius 3 is 1.78 bits per heavy atom. The number of carboxylic acid groups (broad SMARTS) is 1. The van der Waals surface area contributed by atoms with E-state index in [2.05, 4.69) is 0 Å². The van der Waals surface area contributed by atoms with Crippen molar-refractivity contribution in [2.75, 3.05) is 0 Å². The molecule has 0 radical (unpaired) electrons. The molecule has 0 heterocycles. The van der Waals surface area contributed by atoms with Crippen LogP contribution < -0.4 is 0 Å². The molecule has 4 heteroatoms. The average Bonchev–Trinajstić information content (AvgIpc) is 1.64. The third-order valence-electron chi connectivity index (χ3n) is 0.980. The van der Waals surface area contributed by atoms with Crippen LogP contribution in [0.25, 0.3) is 0 Å². The second-order valence-corrected chi connectivity index (χ2v) is 1.67. The van der Waals surface area contributed by atoms with Gasteiger partial charge in [0.2, 0.25) is 0 Å². The number of carboxylic acids is 1. The van der Waals surface area contributed by atoms with Gasteiger partial charge in [0.05, 0.1) is 0 Å². The quantitative estimate of drug-likeness (QED) is 0.439. The molecule has 0 aromatic heterocycles. The van der Waals surface area contributed by atoms with E-state index in [1.165, 1.54) is 13.8 Å². The molecule has 0 bridgehead atoms. The van der Waals surface area contributed by atoms with Crippen molar-refractivity contribution in [1.82, 2.24) is 0 Å². The third-order valence-corrected chi connectivity index (χ3v) is 0.980. The van der Waals surface area contributed by atoms with Crippen LogP contribution in [0.1, 0.15) is 13.8 Å². The van der Waals surface area contributed by atoms with Crippen molar-refractivity contribution in [2.45, 2.75) is 13.8 Å². The van der Waals surface area contributed by atoms with Crippen LogP contribution in [-0.2, 0) is 9.59 Å². The van der Waals surface area contributed by atoms with E-state index in [-0.39, 0.29) is 57.2 Å². The predicted octanol–water partition coefficient (Wildman–Crippen LogP) is -0.352. The number of Topliss-reactive ketones (excluding diaryl/α,β-unsaturated/α-hetero) is 1. The van der Waals surface area contributed by atoms with E-state index in [9.17, 15) is 9.59 Å². The summed E-state index contributed by atoms with van der Waals surface area (Å²) in [5.74, 6) is -2.22. The fourth-order valence-electron chi connectivity index (χ4n) is 0.174. The van der Waals surface area contributed by atoms with Crippen LogP contribution in [0.5, 0.6) is 0 Å². The summed E-state index contributed by atoms with van der Waals surface area (Å²) in [6.45, 7) is 2.63. The summed E-state index contributed by atoms with van der Waals surface area (Å²) in [4.78, 5) is 20.1. The second kappa shape index (κ2) is 5.55. The zero-order chi connectivity index (χ0) is 6.73. The van der Waals surface area contributed by atoms with Crippen molar-refractivity contribution in [2.24, 2.45) is 5.92 Å². The summed E-state index contributed by atoms with van der Waals surface area (Å²) in [6.07, 6.45) is 0. The van der Waals surface area contributed by atoms with Gasteiger partial charge in [-0.25, -0.2) is 0 Å². The van der Waals surface area contributed by atoms with Gasteiger partial charge in [0.25, 0.3) is 0 Å². The standard InChI is InChI=1S/C5H8O3.K.H/c1-3(4(2)6)5(7)8;;/h3H,1-2H3,(H,7,8);;. The maximum atomic E-state index is 10.2. The van der Waals surface area contributed by atoms with Gasteiger partial charge in [0.1, 0.15) is 11.7 Å². The van der Waals surface area contributed by atoms with Crippen LogP contribution in [0.2, 0.25) is 0 Å². The van der Waals surface area contributed by atoms with Crippen LogP contribution in [0.4, 0.5) is 0 Å². The number of carbonyl (C=O) groups excluding carboxylic acids is 1. The van der Waals surface area contributed by atoms with E-state index >= 15 is 0 Å². The first-order valence-corrected chi connectivity index (χ1v) is 2.29. The van der Waals surface area contributed by atoms with Crippen LogP contribution in [-0.4, -0.2) is 68.2 Å². The predicted molar refractivity (Wildman–Crippen MR) is 34.6 cm³/mol. The Hall–Kier alpha value is 0.776. The van der Waals surface area contributed by atoms with E-state index in [0.29, 0.717) is 0 Å². The molecule has 0 rings (SSSR count). The molecule has 0 aliphatic heterocycles. The van der Waals surface area contributed by atoms with Gasteiger partial charge in [-0.05, 0) is 13.8 Å². The minimum atomic E-state index is -1.06. The fourth-order valence-corrected chi connectivity index (χ4v) is 0.174. The SMILES string of the molecule is CC(=O)C(C)C(=O)O.[KH]. The Labute approximate surface area is 96.2 Å². The third kappa shape index (κ3) is 5.23. The van der Waals surface area contributed by atoms with Gasteiger partial charge in [0.15, 0.2) is 0 Å². The molecule has 48 valence electrons. The monoisotopic (exact) mass is 156 g/mol. The summed E-state index contributed by atoms with van der Waals surface area (Å²) >= 11 is 0. The van der Waals surface area contributed by atoms with Crippen molar-refractivity contribution in [3.8, 4) is 0 Å². The molecular formula is C5H9KO3. The van der Waals surface area contributed by atoms with Gasteiger partial charge in [-0.2, -0.15) is 0 Å². The van der Waals surface area contributed by atoms with Gasteiger partial charge in [-0.1, -0.05) is 0 Å². The van der Waals surface area contributed by atoms with Gasteiger partial charge in [-0.15, -0.1) is 0 Å². The van der Waals surface area contributed by atoms with Gasteiger partial charge >= 0.3 is 57.4 Å². The molecule has 0 saturated carbocycles. The maximum absolute atomic E-state index is 10.2. The molecule has 0 aromatic carbocycles. The molecule has 0 aromatic rings. The van der Waals surface area contributed by atoms with E-state index in [1.807, 2.05) is 0 Å². The Morgan fingerprint density at radius 2 is 1.78 bits per heavy atom. The Morgan fingerprint density at radius 1 is 1.44 bits per heavy atom. The number of aliphatic carboxylic acids is 1. The molecular weight excluding hydrogens is 147 g/mol. The number of carbonyl (C=O) groups is 2. The van der Waals surface area contributed by atoms with Gasteiger partial charge in [-0.3, -0.25) is 9.59 Å². The van der Waals surface area contributed by atoms with E-state index in [1.54, 1.807) is 0 Å². The Balaban J connectivity index is 0. The summed E-state index contributed by atoms with van der Waals surface area (Å²) in [6, 6.07) is 0. The first kappa shape index (κ1) is 12.5. The molecule has 9 heavy (non-hydrogen) atoms. The zero-order valence-electron chi connectivity index (χ0n) is 4.84. The summed E-state index contributed by atoms with van der Waals surface area (Å²) < 4.78 is 0. The molecule has 0 aliphatic carbocycles. The molecule has 0 spiro atoms. The zero-order valence-corrected chi connectivity index (χ0v) is 4.84. The molecule has 0 amide bonds. The summed E-state index contributed by atoms with van der Waals surface area (Å²) in [7, 11) is 0. The fraction of sp³-hybridized carbons (Fsp3) is 0.600. The second-order valence-electron chi connectivity index (χ2n) is 1.67. The van der Waals surface area contributed by atoms with Crippen LogP contribution in [0, 0.1) is 5.92 Å². The molecule has 0 saturated heterocycles. The number of rotatable bonds is 2. The minimum absolute atomic E-state index is 0. The molecule has 0 aliphatic rings. The first-order chi connectivity index (χ1) is 3.55. The average molecular weight is 156 g/mol. The molecule has 0 fully saturated rings. The molecule has 1 unspecified atom stereocenters. The molecule has 1 atom stereocenters. The number of hydrogen-bond acceptors (Lipinski definition) is 2. The van der Waals surface area contributed by atoms with E-state index < -0.39 is 11.9 Å². The first-order valence-electron chi connectivity index (χ1n) is 2.29. The van der Waals surface area contributed by atoms with Crippen molar-refractivity contribution in [3.05, 3.63) is 0 Å². The Kier molecular flexibility index (Phi) is 7.68. The van der Waals surface area contributed by atoms with Crippen molar-refractivity contribution in [3.63, 3.8) is 0 Å². The van der Waals surface area contributed by atoms with Crippen LogP contribution >= 0.6 is 0 Å². The molecule has 1 N–H and O–H groups in total. The summed E-state index contributed by atoms with van der Waals surface area (Å²) in [5, 5.41) is 8.13. The number of ketones is 1. The van der Waals surface area contributed by atoms with Crippen LogP contribution in [0.15, 0.2) is 0 Å². The normalized spacial score (nSPS) is 11.3. The van der Waals surface area contributed by atoms with Crippen molar-refractivity contribution < 1.29 is 14.7 Å². The van der Waals surface area contributed by atoms with Gasteiger partial charge in [0, 0.05) is 0 Å². The summed E-state index contributed by atoms with van der Waals surface area (Å²) in [5.41, 5.74) is 0. The Bertz CT molecular complexity index is 107. The van der Waals surface area contributed by atoms with E-state index in [0.717, 1.165) is 0 Å². The van der Waals surface area contributed by atoms with Crippen molar-refractivity contribution in [1.29, 1.82) is 0 Å². The van der Waals surface area contributed by atoms with Crippen molar-refractivity contribution >= 4 is 63.1 Å². The molecule has 3 nitrogen and oxygen atoms in total. The number of hydrogen-bond donors (Lipinski definition) is 1. The van der Waals surface area contributed by atoms with E-state index in [4.69, 9.17) is 5.11 Å².